The molecule has 0 radical (unpaired) electrons. The van der Waals surface area contributed by atoms with Crippen LogP contribution in [0.4, 0.5) is 17.1 Å². The fourth-order valence-corrected chi connectivity index (χ4v) is 4.24. The second kappa shape index (κ2) is 8.51. The summed E-state index contributed by atoms with van der Waals surface area (Å²) in [4.78, 5) is 3.67. The minimum absolute atomic E-state index is 0.146. The molecule has 0 saturated carbocycles. The Morgan fingerprint density at radius 2 is 1.00 bits per heavy atom. The summed E-state index contributed by atoms with van der Waals surface area (Å²) in [5.41, 5.74) is 7.87. The number of benzene rings is 3. The van der Waals surface area contributed by atoms with Gasteiger partial charge in [0.25, 0.3) is 0 Å². The van der Waals surface area contributed by atoms with Gasteiger partial charge in [0.05, 0.1) is 0 Å². The van der Waals surface area contributed by atoms with E-state index in [1.165, 1.54) is 38.6 Å². The van der Waals surface area contributed by atoms with Gasteiger partial charge in [0, 0.05) is 22.0 Å². The van der Waals surface area contributed by atoms with Gasteiger partial charge in [-0.1, -0.05) is 71.9 Å². The first kappa shape index (κ1) is 22.5. The molecule has 158 valence electrons. The normalized spacial score (nSPS) is 12.1. The van der Waals surface area contributed by atoms with Crippen molar-refractivity contribution in [1.29, 1.82) is 0 Å². The number of thioether (sulfide) groups is 1. The van der Waals surface area contributed by atoms with E-state index in [0.29, 0.717) is 0 Å². The molecule has 2 heteroatoms. The molecule has 0 bridgehead atoms. The van der Waals surface area contributed by atoms with Crippen molar-refractivity contribution in [3.63, 3.8) is 0 Å². The average molecular weight is 418 g/mol. The van der Waals surface area contributed by atoms with Crippen LogP contribution in [0.1, 0.15) is 58.2 Å². The Balaban J connectivity index is 2.12. The molecule has 30 heavy (non-hydrogen) atoms. The highest BCUT2D eigenvalue weighted by Gasteiger charge is 2.18. The van der Waals surface area contributed by atoms with Crippen molar-refractivity contribution in [3.8, 4) is 0 Å². The van der Waals surface area contributed by atoms with Gasteiger partial charge >= 0.3 is 0 Å². The number of hydrogen-bond donors (Lipinski definition) is 0. The third-order valence-electron chi connectivity index (χ3n) is 5.63. The second-order valence-electron chi connectivity index (χ2n) is 10.1. The first-order valence-electron chi connectivity index (χ1n) is 10.7. The Bertz CT molecular complexity index is 929. The Morgan fingerprint density at radius 3 is 1.37 bits per heavy atom. The Morgan fingerprint density at radius 1 is 0.600 bits per heavy atom. The van der Waals surface area contributed by atoms with Crippen LogP contribution in [0.3, 0.4) is 0 Å². The summed E-state index contributed by atoms with van der Waals surface area (Å²) >= 11 is 1.80. The third-order valence-corrected chi connectivity index (χ3v) is 6.51. The van der Waals surface area contributed by atoms with E-state index in [1.54, 1.807) is 11.8 Å². The molecule has 3 aromatic carbocycles. The van der Waals surface area contributed by atoms with Crippen LogP contribution in [-0.4, -0.2) is 6.26 Å². The lowest BCUT2D eigenvalue weighted by Crippen LogP contribution is -2.14. The highest BCUT2D eigenvalue weighted by Crippen LogP contribution is 2.38. The van der Waals surface area contributed by atoms with E-state index in [-0.39, 0.29) is 10.8 Å². The average Bonchev–Trinajstić information content (AvgIpc) is 2.69. The fourth-order valence-electron chi connectivity index (χ4n) is 3.62. The summed E-state index contributed by atoms with van der Waals surface area (Å²) < 4.78 is 0. The van der Waals surface area contributed by atoms with Gasteiger partial charge in [-0.2, -0.15) is 0 Å². The van der Waals surface area contributed by atoms with Gasteiger partial charge in [-0.05, 0) is 77.1 Å². The number of aryl methyl sites for hydroxylation is 1. The lowest BCUT2D eigenvalue weighted by molar-refractivity contribution is 0.590. The van der Waals surface area contributed by atoms with Gasteiger partial charge in [-0.15, -0.1) is 11.8 Å². The van der Waals surface area contributed by atoms with Gasteiger partial charge in [-0.25, -0.2) is 0 Å². The maximum absolute atomic E-state index is 2.36. The van der Waals surface area contributed by atoms with E-state index in [0.717, 1.165) is 0 Å². The van der Waals surface area contributed by atoms with Gasteiger partial charge in [-0.3, -0.25) is 0 Å². The maximum atomic E-state index is 2.36. The van der Waals surface area contributed by atoms with Crippen LogP contribution in [0.15, 0.2) is 71.6 Å². The highest BCUT2D eigenvalue weighted by atomic mass is 32.2. The zero-order valence-corrected chi connectivity index (χ0v) is 20.5. The molecule has 0 aliphatic rings. The van der Waals surface area contributed by atoms with Gasteiger partial charge < -0.3 is 4.90 Å². The summed E-state index contributed by atoms with van der Waals surface area (Å²) in [6, 6.07) is 24.8. The van der Waals surface area contributed by atoms with Crippen LogP contribution >= 0.6 is 11.8 Å². The first-order valence-corrected chi connectivity index (χ1v) is 11.9. The van der Waals surface area contributed by atoms with Crippen LogP contribution in [-0.2, 0) is 10.8 Å². The molecule has 0 aliphatic carbocycles. The van der Waals surface area contributed by atoms with Crippen molar-refractivity contribution in [2.24, 2.45) is 0 Å². The smallest absolute Gasteiger partial charge is 0.0472 e. The molecule has 3 aromatic rings. The zero-order valence-electron chi connectivity index (χ0n) is 19.7. The van der Waals surface area contributed by atoms with Gasteiger partial charge in [0.1, 0.15) is 0 Å². The number of rotatable bonds is 4. The highest BCUT2D eigenvalue weighted by molar-refractivity contribution is 7.98. The van der Waals surface area contributed by atoms with Crippen molar-refractivity contribution >= 4 is 28.8 Å². The quantitative estimate of drug-likeness (QED) is 0.390. The van der Waals surface area contributed by atoms with E-state index in [2.05, 4.69) is 126 Å². The minimum Gasteiger partial charge on any atom is -0.310 e. The number of nitrogens with zero attached hydrogens (tertiary/aromatic N) is 1. The monoisotopic (exact) mass is 417 g/mol. The molecule has 0 amide bonds. The Labute approximate surface area is 187 Å². The minimum atomic E-state index is 0.146. The molecule has 0 unspecified atom stereocenters. The molecule has 0 aromatic heterocycles. The fraction of sp³-hybridized carbons (Fsp3) is 0.357. The summed E-state index contributed by atoms with van der Waals surface area (Å²) in [5, 5.41) is 0. The molecular formula is C28H35NS. The van der Waals surface area contributed by atoms with Gasteiger partial charge in [0.15, 0.2) is 0 Å². The number of hydrogen-bond acceptors (Lipinski definition) is 2. The predicted molar refractivity (Wildman–Crippen MR) is 135 cm³/mol. The van der Waals surface area contributed by atoms with Crippen molar-refractivity contribution in [2.45, 2.75) is 64.2 Å². The lowest BCUT2D eigenvalue weighted by atomic mass is 9.86. The molecular weight excluding hydrogens is 382 g/mol. The van der Waals surface area contributed by atoms with E-state index < -0.39 is 0 Å². The predicted octanol–water partition coefficient (Wildman–Crippen LogP) is 8.78. The van der Waals surface area contributed by atoms with Crippen LogP contribution in [0.25, 0.3) is 0 Å². The SMILES string of the molecule is CSc1cc(N(c2ccc(C(C)(C)C)cc2)c2ccc(C(C)(C)C)cc2)ccc1C. The van der Waals surface area contributed by atoms with Gasteiger partial charge in [0.2, 0.25) is 0 Å². The third kappa shape index (κ3) is 4.92. The molecule has 3 rings (SSSR count). The maximum Gasteiger partial charge on any atom is 0.0472 e. The van der Waals surface area contributed by atoms with E-state index in [9.17, 15) is 0 Å². The standard InChI is InChI=1S/C28H35NS/c1-20-9-14-25(19-26(20)30-8)29(23-15-10-21(11-16-23)27(2,3)4)24-17-12-22(13-18-24)28(5,6)7/h9-19H,1-8H3. The first-order chi connectivity index (χ1) is 14.0. The van der Waals surface area contributed by atoms with Crippen molar-refractivity contribution in [2.75, 3.05) is 11.2 Å². The van der Waals surface area contributed by atoms with Crippen LogP contribution < -0.4 is 4.90 Å². The number of anilines is 3. The van der Waals surface area contributed by atoms with E-state index in [4.69, 9.17) is 0 Å². The molecule has 1 nitrogen and oxygen atoms in total. The van der Waals surface area contributed by atoms with Crippen LogP contribution in [0.2, 0.25) is 0 Å². The topological polar surface area (TPSA) is 3.24 Å². The summed E-state index contributed by atoms with van der Waals surface area (Å²) in [6.45, 7) is 15.7. The van der Waals surface area contributed by atoms with E-state index in [1.807, 2.05) is 0 Å². The largest absolute Gasteiger partial charge is 0.310 e. The Hall–Kier alpha value is -2.19. The molecule has 0 heterocycles. The van der Waals surface area contributed by atoms with Crippen molar-refractivity contribution < 1.29 is 0 Å². The van der Waals surface area contributed by atoms with Crippen molar-refractivity contribution in [3.05, 3.63) is 83.4 Å². The van der Waals surface area contributed by atoms with Crippen molar-refractivity contribution in [1.82, 2.24) is 0 Å². The lowest BCUT2D eigenvalue weighted by Gasteiger charge is -2.28. The van der Waals surface area contributed by atoms with Crippen LogP contribution in [0, 0.1) is 6.92 Å². The molecule has 0 aliphatic heterocycles. The molecule has 0 fully saturated rings. The molecule has 0 atom stereocenters. The summed E-state index contributed by atoms with van der Waals surface area (Å²) in [5.74, 6) is 0. The van der Waals surface area contributed by atoms with Crippen LogP contribution in [0.5, 0.6) is 0 Å². The molecule has 0 spiro atoms. The van der Waals surface area contributed by atoms with E-state index >= 15 is 0 Å². The summed E-state index contributed by atoms with van der Waals surface area (Å²) in [7, 11) is 0. The molecule has 0 N–H and O–H groups in total. The Kier molecular flexibility index (Phi) is 6.38. The molecule has 0 saturated heterocycles. The zero-order chi connectivity index (χ0) is 22.1. The second-order valence-corrected chi connectivity index (χ2v) is 10.9. The summed E-state index contributed by atoms with van der Waals surface area (Å²) in [6.07, 6.45) is 2.15.